The molecule has 164 valence electrons. The summed E-state index contributed by atoms with van der Waals surface area (Å²) in [6.07, 6.45) is 0.681. The number of hydrogen-bond donors (Lipinski definition) is 1. The summed E-state index contributed by atoms with van der Waals surface area (Å²) in [5.41, 5.74) is 1.18. The summed E-state index contributed by atoms with van der Waals surface area (Å²) in [4.78, 5) is 27.7. The molecule has 1 N–H and O–H groups in total. The van der Waals surface area contributed by atoms with Gasteiger partial charge in [0.05, 0.1) is 31.4 Å². The molecule has 6 heteroatoms. The van der Waals surface area contributed by atoms with E-state index in [0.29, 0.717) is 30.0 Å². The van der Waals surface area contributed by atoms with E-state index < -0.39 is 17.7 Å². The van der Waals surface area contributed by atoms with E-state index in [0.717, 1.165) is 16.3 Å². The molecule has 0 spiro atoms. The van der Waals surface area contributed by atoms with Crippen molar-refractivity contribution in [3.63, 3.8) is 0 Å². The van der Waals surface area contributed by atoms with Crippen LogP contribution in [-0.4, -0.2) is 42.5 Å². The Hall–Kier alpha value is -3.80. The van der Waals surface area contributed by atoms with E-state index in [9.17, 15) is 14.7 Å². The predicted octanol–water partition coefficient (Wildman–Crippen LogP) is 4.69. The first kappa shape index (κ1) is 21.4. The van der Waals surface area contributed by atoms with E-state index in [1.807, 2.05) is 49.4 Å². The summed E-state index contributed by atoms with van der Waals surface area (Å²) >= 11 is 0. The van der Waals surface area contributed by atoms with Crippen molar-refractivity contribution in [3.8, 4) is 11.5 Å². The van der Waals surface area contributed by atoms with Crippen LogP contribution in [0.15, 0.2) is 66.2 Å². The van der Waals surface area contributed by atoms with Gasteiger partial charge in [0.2, 0.25) is 0 Å². The number of amides is 1. The quantitative estimate of drug-likeness (QED) is 0.348. The fraction of sp³-hybridized carbons (Fsp3) is 0.231. The minimum absolute atomic E-state index is 0.0586. The molecule has 0 bridgehead atoms. The average Bonchev–Trinajstić information content (AvgIpc) is 3.08. The van der Waals surface area contributed by atoms with Gasteiger partial charge in [0.1, 0.15) is 17.3 Å². The third-order valence-electron chi connectivity index (χ3n) is 5.79. The highest BCUT2D eigenvalue weighted by atomic mass is 16.5. The standard InChI is InChI=1S/C26H25NO5/c1-4-14-27-23(19-11-7-9-16-8-5-6-10-18(16)19)22(25(29)26(27)30)24(28)20-13-12-17(31-2)15-21(20)32-3/h5-13,15,23,28H,4,14H2,1-3H3/b24-22+. The van der Waals surface area contributed by atoms with Crippen LogP contribution in [0.4, 0.5) is 0 Å². The van der Waals surface area contributed by atoms with Crippen LogP contribution in [0.25, 0.3) is 16.5 Å². The van der Waals surface area contributed by atoms with E-state index in [1.165, 1.54) is 14.2 Å². The van der Waals surface area contributed by atoms with Gasteiger partial charge in [-0.25, -0.2) is 0 Å². The number of aliphatic hydroxyl groups excluding tert-OH is 1. The molecule has 1 aliphatic rings. The van der Waals surface area contributed by atoms with Crippen LogP contribution in [0.3, 0.4) is 0 Å². The molecular formula is C26H25NO5. The lowest BCUT2D eigenvalue weighted by molar-refractivity contribution is -0.139. The Balaban J connectivity index is 1.98. The minimum Gasteiger partial charge on any atom is -0.507 e. The smallest absolute Gasteiger partial charge is 0.295 e. The maximum atomic E-state index is 13.2. The van der Waals surface area contributed by atoms with Crippen molar-refractivity contribution in [1.82, 2.24) is 4.90 Å². The fourth-order valence-electron chi connectivity index (χ4n) is 4.30. The molecular weight excluding hydrogens is 406 g/mol. The topological polar surface area (TPSA) is 76.1 Å². The van der Waals surface area contributed by atoms with Crippen LogP contribution in [0.5, 0.6) is 11.5 Å². The molecule has 1 fully saturated rings. The van der Waals surface area contributed by atoms with E-state index >= 15 is 0 Å². The van der Waals surface area contributed by atoms with Gasteiger partial charge in [-0.15, -0.1) is 0 Å². The second kappa shape index (κ2) is 8.75. The zero-order valence-electron chi connectivity index (χ0n) is 18.3. The largest absolute Gasteiger partial charge is 0.507 e. The van der Waals surface area contributed by atoms with Gasteiger partial charge in [-0.1, -0.05) is 49.4 Å². The number of likely N-dealkylation sites (tertiary alicyclic amines) is 1. The molecule has 0 saturated carbocycles. The summed E-state index contributed by atoms with van der Waals surface area (Å²) in [5.74, 6) is -0.680. The lowest BCUT2D eigenvalue weighted by atomic mass is 9.91. The van der Waals surface area contributed by atoms with Crippen LogP contribution in [-0.2, 0) is 9.59 Å². The number of hydrogen-bond acceptors (Lipinski definition) is 5. The summed E-state index contributed by atoms with van der Waals surface area (Å²) in [6.45, 7) is 2.35. The molecule has 6 nitrogen and oxygen atoms in total. The number of ether oxygens (including phenoxy) is 2. The van der Waals surface area contributed by atoms with Gasteiger partial charge in [-0.3, -0.25) is 9.59 Å². The van der Waals surface area contributed by atoms with Gasteiger partial charge < -0.3 is 19.5 Å². The Kier molecular flexibility index (Phi) is 5.86. The monoisotopic (exact) mass is 431 g/mol. The first-order valence-electron chi connectivity index (χ1n) is 10.5. The number of benzene rings is 3. The molecule has 1 atom stereocenters. The Morgan fingerprint density at radius 1 is 1.00 bits per heavy atom. The summed E-state index contributed by atoms with van der Waals surface area (Å²) in [5, 5.41) is 13.3. The van der Waals surface area contributed by atoms with Crippen LogP contribution < -0.4 is 9.47 Å². The summed E-state index contributed by atoms with van der Waals surface area (Å²) in [6, 6.07) is 17.8. The normalized spacial score (nSPS) is 17.7. The Morgan fingerprint density at radius 2 is 1.75 bits per heavy atom. The number of aliphatic hydroxyl groups is 1. The number of ketones is 1. The first-order valence-corrected chi connectivity index (χ1v) is 10.5. The third-order valence-corrected chi connectivity index (χ3v) is 5.79. The molecule has 0 aromatic heterocycles. The Morgan fingerprint density at radius 3 is 2.47 bits per heavy atom. The zero-order chi connectivity index (χ0) is 22.8. The number of nitrogens with zero attached hydrogens (tertiary/aromatic N) is 1. The van der Waals surface area contributed by atoms with Crippen molar-refractivity contribution in [2.45, 2.75) is 19.4 Å². The SMILES string of the molecule is CCCN1C(=O)C(=O)/C(=C(/O)c2ccc(OC)cc2OC)C1c1cccc2ccccc12. The lowest BCUT2D eigenvalue weighted by Crippen LogP contribution is -2.30. The molecule has 0 radical (unpaired) electrons. The van der Waals surface area contributed by atoms with E-state index in [-0.39, 0.29) is 11.3 Å². The highest BCUT2D eigenvalue weighted by molar-refractivity contribution is 6.46. The van der Waals surface area contributed by atoms with E-state index in [4.69, 9.17) is 9.47 Å². The van der Waals surface area contributed by atoms with Gasteiger partial charge in [0, 0.05) is 12.6 Å². The highest BCUT2D eigenvalue weighted by Crippen LogP contribution is 2.43. The zero-order valence-corrected chi connectivity index (χ0v) is 18.3. The lowest BCUT2D eigenvalue weighted by Gasteiger charge is -2.26. The Bertz CT molecular complexity index is 1220. The van der Waals surface area contributed by atoms with Gasteiger partial charge in [-0.2, -0.15) is 0 Å². The fourth-order valence-corrected chi connectivity index (χ4v) is 4.30. The van der Waals surface area contributed by atoms with Crippen molar-refractivity contribution in [2.24, 2.45) is 0 Å². The second-order valence-electron chi connectivity index (χ2n) is 7.63. The van der Waals surface area contributed by atoms with Crippen LogP contribution in [0.2, 0.25) is 0 Å². The van der Waals surface area contributed by atoms with Crippen LogP contribution in [0, 0.1) is 0 Å². The van der Waals surface area contributed by atoms with E-state index in [2.05, 4.69) is 0 Å². The molecule has 1 unspecified atom stereocenters. The molecule has 1 amide bonds. The first-order chi connectivity index (χ1) is 15.5. The molecule has 0 aliphatic carbocycles. The second-order valence-corrected chi connectivity index (χ2v) is 7.63. The number of carbonyl (C=O) groups excluding carboxylic acids is 2. The molecule has 4 rings (SSSR count). The summed E-state index contributed by atoms with van der Waals surface area (Å²) in [7, 11) is 3.01. The van der Waals surface area contributed by atoms with Gasteiger partial charge in [0.15, 0.2) is 0 Å². The maximum absolute atomic E-state index is 13.2. The van der Waals surface area contributed by atoms with Gasteiger partial charge in [0.25, 0.3) is 11.7 Å². The van der Waals surface area contributed by atoms with Crippen molar-refractivity contribution in [1.29, 1.82) is 0 Å². The summed E-state index contributed by atoms with van der Waals surface area (Å²) < 4.78 is 10.7. The Labute approximate surface area is 186 Å². The van der Waals surface area contributed by atoms with Crippen molar-refractivity contribution in [3.05, 3.63) is 77.4 Å². The maximum Gasteiger partial charge on any atom is 0.295 e. The molecule has 1 aliphatic heterocycles. The number of Topliss-reactive ketones (excluding diaryl/α,β-unsaturated/α-hetero) is 1. The van der Waals surface area contributed by atoms with Crippen molar-refractivity contribution in [2.75, 3.05) is 20.8 Å². The molecule has 3 aromatic rings. The average molecular weight is 431 g/mol. The number of rotatable bonds is 6. The third kappa shape index (κ3) is 3.47. The molecule has 3 aromatic carbocycles. The molecule has 32 heavy (non-hydrogen) atoms. The minimum atomic E-state index is -0.702. The van der Waals surface area contributed by atoms with E-state index in [1.54, 1.807) is 23.1 Å². The van der Waals surface area contributed by atoms with Crippen molar-refractivity contribution >= 4 is 28.2 Å². The predicted molar refractivity (Wildman–Crippen MR) is 123 cm³/mol. The highest BCUT2D eigenvalue weighted by Gasteiger charge is 2.46. The number of fused-ring (bicyclic) bond motifs is 1. The van der Waals surface area contributed by atoms with Gasteiger partial charge >= 0.3 is 0 Å². The number of methoxy groups -OCH3 is 2. The van der Waals surface area contributed by atoms with Crippen LogP contribution >= 0.6 is 0 Å². The molecule has 1 saturated heterocycles. The number of carbonyl (C=O) groups is 2. The van der Waals surface area contributed by atoms with Gasteiger partial charge in [-0.05, 0) is 34.9 Å². The van der Waals surface area contributed by atoms with Crippen molar-refractivity contribution < 1.29 is 24.2 Å². The molecule has 1 heterocycles. The van der Waals surface area contributed by atoms with Crippen LogP contribution in [0.1, 0.15) is 30.5 Å².